The first-order valence-electron chi connectivity index (χ1n) is 9.68. The van der Waals surface area contributed by atoms with E-state index in [-0.39, 0.29) is 23.6 Å². The topological polar surface area (TPSA) is 104 Å². The molecule has 0 unspecified atom stereocenters. The summed E-state index contributed by atoms with van der Waals surface area (Å²) in [5.41, 5.74) is 0.789. The molecule has 9 nitrogen and oxygen atoms in total. The predicted octanol–water partition coefficient (Wildman–Crippen LogP) is 1.01. The molecule has 3 rings (SSSR count). The van der Waals surface area contributed by atoms with Gasteiger partial charge in [-0.05, 0) is 37.4 Å². The number of methoxy groups -OCH3 is 1. The van der Waals surface area contributed by atoms with Crippen molar-refractivity contribution in [1.29, 1.82) is 0 Å². The monoisotopic (exact) mass is 433 g/mol. The highest BCUT2D eigenvalue weighted by Gasteiger charge is 2.17. The second-order valence-electron chi connectivity index (χ2n) is 7.07. The first-order valence-corrected chi connectivity index (χ1v) is 11.2. The number of nitrogens with zero attached hydrogens (tertiary/aromatic N) is 3. The maximum atomic E-state index is 12.6. The van der Waals surface area contributed by atoms with Gasteiger partial charge in [-0.1, -0.05) is 6.07 Å². The summed E-state index contributed by atoms with van der Waals surface area (Å²) < 4.78 is 31.9. The standard InChI is InChI=1S/C20H27N5O4S/c1-24-9-11-25(12-10-24)19-7-6-17(15-21-19)23-20(26)16-4-3-5-18(14-16)30(27,28)22-8-13-29-2/h3-7,14-15,22H,8-13H2,1-2H3,(H,23,26). The van der Waals surface area contributed by atoms with E-state index in [0.29, 0.717) is 5.69 Å². The number of carbonyl (C=O) groups excluding carboxylic acids is 1. The number of likely N-dealkylation sites (N-methyl/N-ethyl adjacent to an activating group) is 1. The van der Waals surface area contributed by atoms with Gasteiger partial charge in [0.05, 0.1) is 23.4 Å². The Morgan fingerprint density at radius 2 is 1.93 bits per heavy atom. The Bertz CT molecular complexity index is 957. The van der Waals surface area contributed by atoms with E-state index in [9.17, 15) is 13.2 Å². The molecular formula is C20H27N5O4S. The Balaban J connectivity index is 1.64. The van der Waals surface area contributed by atoms with Crippen LogP contribution in [0.5, 0.6) is 0 Å². The lowest BCUT2D eigenvalue weighted by molar-refractivity contribution is 0.102. The quantitative estimate of drug-likeness (QED) is 0.599. The van der Waals surface area contributed by atoms with Crippen LogP contribution in [0.4, 0.5) is 11.5 Å². The predicted molar refractivity (Wildman–Crippen MR) is 115 cm³/mol. The molecule has 1 saturated heterocycles. The summed E-state index contributed by atoms with van der Waals surface area (Å²) in [6, 6.07) is 9.56. The Hall–Kier alpha value is -2.53. The first kappa shape index (κ1) is 22.2. The SMILES string of the molecule is COCCNS(=O)(=O)c1cccc(C(=O)Nc2ccc(N3CCN(C)CC3)nc2)c1. The molecule has 30 heavy (non-hydrogen) atoms. The first-order chi connectivity index (χ1) is 14.4. The molecule has 1 amide bonds. The van der Waals surface area contributed by atoms with E-state index in [2.05, 4.69) is 31.9 Å². The summed E-state index contributed by atoms with van der Waals surface area (Å²) in [5, 5.41) is 2.76. The molecule has 1 aromatic carbocycles. The van der Waals surface area contributed by atoms with Crippen molar-refractivity contribution in [3.05, 3.63) is 48.2 Å². The zero-order valence-corrected chi connectivity index (χ0v) is 18.0. The van der Waals surface area contributed by atoms with Crippen molar-refractivity contribution in [2.45, 2.75) is 4.90 Å². The van der Waals surface area contributed by atoms with Gasteiger partial charge in [0.25, 0.3) is 5.91 Å². The van der Waals surface area contributed by atoms with Crippen molar-refractivity contribution < 1.29 is 17.9 Å². The molecule has 1 aliphatic rings. The number of benzene rings is 1. The molecule has 0 spiro atoms. The van der Waals surface area contributed by atoms with Gasteiger partial charge in [-0.2, -0.15) is 0 Å². The highest BCUT2D eigenvalue weighted by molar-refractivity contribution is 7.89. The average molecular weight is 434 g/mol. The summed E-state index contributed by atoms with van der Waals surface area (Å²) in [7, 11) is -0.126. The van der Waals surface area contributed by atoms with E-state index < -0.39 is 15.9 Å². The minimum atomic E-state index is -3.71. The van der Waals surface area contributed by atoms with Crippen LogP contribution in [-0.2, 0) is 14.8 Å². The molecule has 2 N–H and O–H groups in total. The Morgan fingerprint density at radius 3 is 2.60 bits per heavy atom. The number of pyridine rings is 1. The fourth-order valence-electron chi connectivity index (χ4n) is 3.05. The van der Waals surface area contributed by atoms with Crippen LogP contribution in [-0.4, -0.2) is 77.7 Å². The van der Waals surface area contributed by atoms with Gasteiger partial charge >= 0.3 is 0 Å². The zero-order chi connectivity index (χ0) is 21.6. The van der Waals surface area contributed by atoms with E-state index in [0.717, 1.165) is 32.0 Å². The molecule has 0 radical (unpaired) electrons. The van der Waals surface area contributed by atoms with Crippen molar-refractivity contribution in [3.63, 3.8) is 0 Å². The molecule has 0 bridgehead atoms. The zero-order valence-electron chi connectivity index (χ0n) is 17.2. The third-order valence-corrected chi connectivity index (χ3v) is 6.30. The smallest absolute Gasteiger partial charge is 0.255 e. The average Bonchev–Trinajstić information content (AvgIpc) is 2.75. The number of hydrogen-bond acceptors (Lipinski definition) is 7. The van der Waals surface area contributed by atoms with Gasteiger partial charge in [0.2, 0.25) is 10.0 Å². The molecule has 0 saturated carbocycles. The van der Waals surface area contributed by atoms with E-state index in [1.807, 2.05) is 6.07 Å². The molecule has 10 heteroatoms. The van der Waals surface area contributed by atoms with Crippen molar-refractivity contribution in [3.8, 4) is 0 Å². The minimum Gasteiger partial charge on any atom is -0.383 e. The largest absolute Gasteiger partial charge is 0.383 e. The molecule has 1 fully saturated rings. The number of piperazine rings is 1. The maximum absolute atomic E-state index is 12.6. The van der Waals surface area contributed by atoms with Crippen LogP contribution >= 0.6 is 0 Å². The lowest BCUT2D eigenvalue weighted by Crippen LogP contribution is -2.44. The van der Waals surface area contributed by atoms with Crippen molar-refractivity contribution in [2.24, 2.45) is 0 Å². The fraction of sp³-hybridized carbons (Fsp3) is 0.400. The maximum Gasteiger partial charge on any atom is 0.255 e. The molecule has 2 aromatic rings. The number of amides is 1. The second-order valence-corrected chi connectivity index (χ2v) is 8.83. The number of carbonyl (C=O) groups is 1. The Kier molecular flexibility index (Phi) is 7.38. The van der Waals surface area contributed by atoms with Gasteiger partial charge in [0, 0.05) is 45.4 Å². The van der Waals surface area contributed by atoms with Gasteiger partial charge < -0.3 is 19.9 Å². The van der Waals surface area contributed by atoms with Crippen LogP contribution in [0.1, 0.15) is 10.4 Å². The van der Waals surface area contributed by atoms with Crippen molar-refractivity contribution in [2.75, 3.05) is 63.7 Å². The number of hydrogen-bond donors (Lipinski definition) is 2. The summed E-state index contributed by atoms with van der Waals surface area (Å²) in [6.07, 6.45) is 1.61. The summed E-state index contributed by atoms with van der Waals surface area (Å²) in [5.74, 6) is 0.467. The number of ether oxygens (including phenoxy) is 1. The number of nitrogens with one attached hydrogen (secondary N) is 2. The van der Waals surface area contributed by atoms with Gasteiger partial charge in [0.1, 0.15) is 5.82 Å². The highest BCUT2D eigenvalue weighted by atomic mass is 32.2. The van der Waals surface area contributed by atoms with Gasteiger partial charge in [0.15, 0.2) is 0 Å². The van der Waals surface area contributed by atoms with Crippen molar-refractivity contribution in [1.82, 2.24) is 14.6 Å². The van der Waals surface area contributed by atoms with Gasteiger partial charge in [-0.3, -0.25) is 4.79 Å². The second kappa shape index (κ2) is 9.98. The van der Waals surface area contributed by atoms with E-state index >= 15 is 0 Å². The molecule has 1 aromatic heterocycles. The van der Waals surface area contributed by atoms with Crippen LogP contribution in [0.15, 0.2) is 47.5 Å². The van der Waals surface area contributed by atoms with E-state index in [1.54, 1.807) is 18.3 Å². The summed E-state index contributed by atoms with van der Waals surface area (Å²) in [6.45, 7) is 4.21. The number of anilines is 2. The minimum absolute atomic E-state index is 0.0230. The molecule has 0 aliphatic carbocycles. The lowest BCUT2D eigenvalue weighted by Gasteiger charge is -2.33. The Labute approximate surface area is 177 Å². The highest BCUT2D eigenvalue weighted by Crippen LogP contribution is 2.17. The van der Waals surface area contributed by atoms with Crippen LogP contribution in [0.3, 0.4) is 0 Å². The third kappa shape index (κ3) is 5.76. The normalized spacial score (nSPS) is 15.2. The summed E-state index contributed by atoms with van der Waals surface area (Å²) in [4.78, 5) is 21.5. The van der Waals surface area contributed by atoms with Crippen LogP contribution in [0.2, 0.25) is 0 Å². The summed E-state index contributed by atoms with van der Waals surface area (Å²) >= 11 is 0. The van der Waals surface area contributed by atoms with Gasteiger partial charge in [-0.25, -0.2) is 18.1 Å². The van der Waals surface area contributed by atoms with Gasteiger partial charge in [-0.15, -0.1) is 0 Å². The molecule has 0 atom stereocenters. The molecule has 162 valence electrons. The molecule has 1 aliphatic heterocycles. The van der Waals surface area contributed by atoms with Crippen LogP contribution < -0.4 is 14.9 Å². The lowest BCUT2D eigenvalue weighted by atomic mass is 10.2. The Morgan fingerprint density at radius 1 is 1.17 bits per heavy atom. The number of aromatic nitrogens is 1. The third-order valence-electron chi connectivity index (χ3n) is 4.84. The van der Waals surface area contributed by atoms with Crippen LogP contribution in [0.25, 0.3) is 0 Å². The fourth-order valence-corrected chi connectivity index (χ4v) is 4.11. The number of rotatable bonds is 8. The van der Waals surface area contributed by atoms with E-state index in [4.69, 9.17) is 4.74 Å². The van der Waals surface area contributed by atoms with Crippen molar-refractivity contribution >= 4 is 27.4 Å². The van der Waals surface area contributed by atoms with E-state index in [1.165, 1.54) is 25.3 Å². The molecular weight excluding hydrogens is 406 g/mol. The molecule has 2 heterocycles. The van der Waals surface area contributed by atoms with Crippen LogP contribution in [0, 0.1) is 0 Å². The number of sulfonamides is 1.